The SMILES string of the molecule is COc1cccc(OC)c1CNCC#N. The van der Waals surface area contributed by atoms with Gasteiger partial charge in [0.1, 0.15) is 11.5 Å². The summed E-state index contributed by atoms with van der Waals surface area (Å²) >= 11 is 0. The van der Waals surface area contributed by atoms with E-state index in [2.05, 4.69) is 5.32 Å². The zero-order valence-electron chi connectivity index (χ0n) is 8.91. The van der Waals surface area contributed by atoms with E-state index in [1.54, 1.807) is 14.2 Å². The minimum absolute atomic E-state index is 0.307. The first kappa shape index (κ1) is 11.3. The highest BCUT2D eigenvalue weighted by Gasteiger charge is 2.08. The van der Waals surface area contributed by atoms with Crippen molar-refractivity contribution in [1.29, 1.82) is 5.26 Å². The number of nitriles is 1. The van der Waals surface area contributed by atoms with Gasteiger partial charge in [0, 0.05) is 12.1 Å². The van der Waals surface area contributed by atoms with Crippen LogP contribution in [0.4, 0.5) is 0 Å². The van der Waals surface area contributed by atoms with E-state index in [0.29, 0.717) is 13.1 Å². The summed E-state index contributed by atoms with van der Waals surface area (Å²) in [5.74, 6) is 1.53. The standard InChI is InChI=1S/C11H14N2O2/c1-14-10-4-3-5-11(15-2)9(10)8-13-7-6-12/h3-5,13H,7-8H2,1-2H3. The van der Waals surface area contributed by atoms with Crippen LogP contribution in [0.5, 0.6) is 11.5 Å². The quantitative estimate of drug-likeness (QED) is 0.583. The van der Waals surface area contributed by atoms with Crippen LogP contribution in [-0.2, 0) is 6.54 Å². The van der Waals surface area contributed by atoms with Crippen LogP contribution >= 0.6 is 0 Å². The van der Waals surface area contributed by atoms with Crippen molar-refractivity contribution in [2.45, 2.75) is 6.54 Å². The fourth-order valence-corrected chi connectivity index (χ4v) is 1.35. The van der Waals surface area contributed by atoms with Crippen molar-refractivity contribution in [2.75, 3.05) is 20.8 Å². The van der Waals surface area contributed by atoms with Gasteiger partial charge < -0.3 is 14.8 Å². The van der Waals surface area contributed by atoms with E-state index in [1.807, 2.05) is 24.3 Å². The maximum absolute atomic E-state index is 8.42. The molecule has 1 N–H and O–H groups in total. The Labute approximate surface area is 89.4 Å². The molecule has 0 aliphatic carbocycles. The fourth-order valence-electron chi connectivity index (χ4n) is 1.35. The average Bonchev–Trinajstić information content (AvgIpc) is 2.29. The molecule has 0 aliphatic rings. The van der Waals surface area contributed by atoms with Crippen LogP contribution < -0.4 is 14.8 Å². The second-order valence-electron chi connectivity index (χ2n) is 2.90. The topological polar surface area (TPSA) is 54.3 Å². The van der Waals surface area contributed by atoms with Gasteiger partial charge in [0.2, 0.25) is 0 Å². The Kier molecular flexibility index (Phi) is 4.45. The second kappa shape index (κ2) is 5.89. The van der Waals surface area contributed by atoms with Gasteiger partial charge >= 0.3 is 0 Å². The number of methoxy groups -OCH3 is 2. The molecule has 0 spiro atoms. The molecule has 4 nitrogen and oxygen atoms in total. The van der Waals surface area contributed by atoms with E-state index >= 15 is 0 Å². The Morgan fingerprint density at radius 3 is 2.33 bits per heavy atom. The lowest BCUT2D eigenvalue weighted by molar-refractivity contribution is 0.383. The smallest absolute Gasteiger partial charge is 0.127 e. The monoisotopic (exact) mass is 206 g/mol. The molecule has 0 bridgehead atoms. The van der Waals surface area contributed by atoms with Crippen LogP contribution in [0.25, 0.3) is 0 Å². The van der Waals surface area contributed by atoms with Gasteiger partial charge in [-0.15, -0.1) is 0 Å². The van der Waals surface area contributed by atoms with E-state index in [9.17, 15) is 0 Å². The summed E-state index contributed by atoms with van der Waals surface area (Å²) in [6, 6.07) is 7.62. The maximum Gasteiger partial charge on any atom is 0.127 e. The lowest BCUT2D eigenvalue weighted by Crippen LogP contribution is -2.14. The van der Waals surface area contributed by atoms with Crippen LogP contribution in [0.3, 0.4) is 0 Å². The van der Waals surface area contributed by atoms with E-state index in [1.165, 1.54) is 0 Å². The molecule has 80 valence electrons. The van der Waals surface area contributed by atoms with Crippen molar-refractivity contribution in [3.8, 4) is 17.6 Å². The molecule has 0 aliphatic heterocycles. The van der Waals surface area contributed by atoms with Gasteiger partial charge in [-0.25, -0.2) is 0 Å². The molecule has 4 heteroatoms. The molecule has 0 fully saturated rings. The summed E-state index contributed by atoms with van der Waals surface area (Å²) in [6.45, 7) is 0.863. The van der Waals surface area contributed by atoms with Gasteiger partial charge in [0.25, 0.3) is 0 Å². The van der Waals surface area contributed by atoms with Gasteiger partial charge in [-0.1, -0.05) is 6.07 Å². The number of nitrogens with one attached hydrogen (secondary N) is 1. The number of rotatable bonds is 5. The molecule has 0 heterocycles. The molecule has 0 unspecified atom stereocenters. The highest BCUT2D eigenvalue weighted by molar-refractivity contribution is 5.44. The maximum atomic E-state index is 8.42. The molecule has 1 aromatic rings. The van der Waals surface area contributed by atoms with Crippen LogP contribution in [-0.4, -0.2) is 20.8 Å². The summed E-state index contributed by atoms with van der Waals surface area (Å²) in [4.78, 5) is 0. The van der Waals surface area contributed by atoms with E-state index in [4.69, 9.17) is 14.7 Å². The Morgan fingerprint density at radius 1 is 1.27 bits per heavy atom. The molecule has 0 saturated heterocycles. The van der Waals surface area contributed by atoms with Gasteiger partial charge in [-0.3, -0.25) is 0 Å². The molecule has 0 amide bonds. The molecule has 0 atom stereocenters. The van der Waals surface area contributed by atoms with Crippen LogP contribution in [0, 0.1) is 11.3 Å². The van der Waals surface area contributed by atoms with E-state index < -0.39 is 0 Å². The van der Waals surface area contributed by atoms with Gasteiger partial charge in [-0.2, -0.15) is 5.26 Å². The Morgan fingerprint density at radius 2 is 1.87 bits per heavy atom. The first-order valence-electron chi connectivity index (χ1n) is 4.61. The third-order valence-corrected chi connectivity index (χ3v) is 2.04. The number of nitrogens with zero attached hydrogens (tertiary/aromatic N) is 1. The minimum Gasteiger partial charge on any atom is -0.496 e. The predicted octanol–water partition coefficient (Wildman–Crippen LogP) is 1.32. The predicted molar refractivity (Wildman–Crippen MR) is 56.9 cm³/mol. The average molecular weight is 206 g/mol. The third kappa shape index (κ3) is 2.86. The largest absolute Gasteiger partial charge is 0.496 e. The highest BCUT2D eigenvalue weighted by Crippen LogP contribution is 2.27. The summed E-state index contributed by atoms with van der Waals surface area (Å²) < 4.78 is 10.4. The van der Waals surface area contributed by atoms with Crippen molar-refractivity contribution in [3.63, 3.8) is 0 Å². The number of hydrogen-bond acceptors (Lipinski definition) is 4. The van der Waals surface area contributed by atoms with Crippen molar-refractivity contribution in [3.05, 3.63) is 23.8 Å². The Bertz CT molecular complexity index is 336. The van der Waals surface area contributed by atoms with Crippen LogP contribution in [0.1, 0.15) is 5.56 Å². The van der Waals surface area contributed by atoms with E-state index in [0.717, 1.165) is 17.1 Å². The van der Waals surface area contributed by atoms with Gasteiger partial charge in [0.05, 0.1) is 26.8 Å². The zero-order chi connectivity index (χ0) is 11.1. The number of ether oxygens (including phenoxy) is 2. The fraction of sp³-hybridized carbons (Fsp3) is 0.364. The normalized spacial score (nSPS) is 9.40. The summed E-state index contributed by atoms with van der Waals surface area (Å²) in [7, 11) is 3.23. The molecular weight excluding hydrogens is 192 g/mol. The Hall–Kier alpha value is -1.73. The first-order chi connectivity index (χ1) is 7.33. The molecule has 1 rings (SSSR count). The van der Waals surface area contributed by atoms with Crippen LogP contribution in [0.2, 0.25) is 0 Å². The van der Waals surface area contributed by atoms with Crippen LogP contribution in [0.15, 0.2) is 18.2 Å². The molecule has 0 saturated carbocycles. The zero-order valence-corrected chi connectivity index (χ0v) is 8.91. The summed E-state index contributed by atoms with van der Waals surface area (Å²) in [5, 5.41) is 11.4. The molecular formula is C11H14N2O2. The third-order valence-electron chi connectivity index (χ3n) is 2.04. The first-order valence-corrected chi connectivity index (χ1v) is 4.61. The van der Waals surface area contributed by atoms with Crippen molar-refractivity contribution in [1.82, 2.24) is 5.32 Å². The van der Waals surface area contributed by atoms with Gasteiger partial charge in [0.15, 0.2) is 0 Å². The van der Waals surface area contributed by atoms with Crippen molar-refractivity contribution in [2.24, 2.45) is 0 Å². The lowest BCUT2D eigenvalue weighted by Gasteiger charge is -2.12. The van der Waals surface area contributed by atoms with Crippen molar-refractivity contribution >= 4 is 0 Å². The summed E-state index contributed by atoms with van der Waals surface area (Å²) in [5.41, 5.74) is 0.928. The molecule has 15 heavy (non-hydrogen) atoms. The summed E-state index contributed by atoms with van der Waals surface area (Å²) in [6.07, 6.45) is 0. The minimum atomic E-state index is 0.307. The number of hydrogen-bond donors (Lipinski definition) is 1. The van der Waals surface area contributed by atoms with Gasteiger partial charge in [-0.05, 0) is 12.1 Å². The number of benzene rings is 1. The molecule has 0 aromatic heterocycles. The lowest BCUT2D eigenvalue weighted by atomic mass is 10.1. The van der Waals surface area contributed by atoms with Crippen molar-refractivity contribution < 1.29 is 9.47 Å². The molecule has 1 aromatic carbocycles. The van der Waals surface area contributed by atoms with E-state index in [-0.39, 0.29) is 0 Å². The second-order valence-corrected chi connectivity index (χ2v) is 2.90. The molecule has 0 radical (unpaired) electrons. The highest BCUT2D eigenvalue weighted by atomic mass is 16.5. The Balaban J connectivity index is 2.86.